The molecule has 2 unspecified atom stereocenters. The summed E-state index contributed by atoms with van der Waals surface area (Å²) >= 11 is 0. The Morgan fingerprint density at radius 1 is 1.28 bits per heavy atom. The van der Waals surface area contributed by atoms with Gasteiger partial charge in [-0.1, -0.05) is 38.3 Å². The molecule has 0 bridgehead atoms. The Labute approximate surface area is 175 Å². The van der Waals surface area contributed by atoms with Crippen molar-refractivity contribution in [3.05, 3.63) is 11.6 Å². The zero-order valence-corrected chi connectivity index (χ0v) is 18.0. The van der Waals surface area contributed by atoms with Gasteiger partial charge in [-0.3, -0.25) is 9.59 Å². The molecular weight excluding hydrogens is 366 g/mol. The van der Waals surface area contributed by atoms with Crippen LogP contribution in [0.5, 0.6) is 0 Å². The summed E-state index contributed by atoms with van der Waals surface area (Å²) in [5.74, 6) is 6.33. The van der Waals surface area contributed by atoms with Crippen LogP contribution in [0.3, 0.4) is 0 Å². The molecular formula is C24H37NO4. The number of hydrogen-bond acceptors (Lipinski definition) is 3. The first-order chi connectivity index (χ1) is 13.9. The number of carbonyl (C=O) groups excluding carboxylic acids is 1. The summed E-state index contributed by atoms with van der Waals surface area (Å²) < 4.78 is 0. The highest BCUT2D eigenvalue weighted by Gasteiger charge is 2.44. The van der Waals surface area contributed by atoms with Crippen LogP contribution in [0.2, 0.25) is 0 Å². The molecule has 29 heavy (non-hydrogen) atoms. The van der Waals surface area contributed by atoms with Crippen molar-refractivity contribution in [3.8, 4) is 11.8 Å². The van der Waals surface area contributed by atoms with Crippen LogP contribution in [0.15, 0.2) is 11.6 Å². The van der Waals surface area contributed by atoms with Crippen molar-refractivity contribution < 1.29 is 19.8 Å². The molecule has 1 aliphatic carbocycles. The van der Waals surface area contributed by atoms with Gasteiger partial charge in [-0.25, -0.2) is 0 Å². The van der Waals surface area contributed by atoms with Gasteiger partial charge in [0.05, 0.1) is 6.10 Å². The van der Waals surface area contributed by atoms with E-state index in [1.807, 2.05) is 17.9 Å². The molecule has 1 saturated carbocycles. The minimum atomic E-state index is -0.739. The van der Waals surface area contributed by atoms with E-state index in [0.717, 1.165) is 51.5 Å². The summed E-state index contributed by atoms with van der Waals surface area (Å²) in [5.41, 5.74) is 1.29. The number of likely N-dealkylation sites (tertiary alicyclic amines) is 1. The molecule has 162 valence electrons. The molecule has 0 aromatic rings. The molecule has 1 saturated heterocycles. The summed E-state index contributed by atoms with van der Waals surface area (Å²) in [5, 5.41) is 19.1. The fraction of sp³-hybridized carbons (Fsp3) is 0.750. The average Bonchev–Trinajstić information content (AvgIpc) is 3.34. The number of rotatable bonds is 12. The third kappa shape index (κ3) is 7.85. The molecule has 0 spiro atoms. The fourth-order valence-electron chi connectivity index (χ4n) is 4.10. The number of unbranched alkanes of at least 4 members (excludes halogenated alkanes) is 4. The lowest BCUT2D eigenvalue weighted by molar-refractivity contribution is -0.137. The Morgan fingerprint density at radius 2 is 2.03 bits per heavy atom. The fourth-order valence-corrected chi connectivity index (χ4v) is 4.10. The standard InChI is InChI=1S/C24H37NO4/c1-3-4-5-8-11-18(2)22(26)17-19-16-20(19)21-13-14-23(27)25(21)15-10-7-6-9-12-24(28)29/h17-18,20-22,26H,3-4,6-7,9-16H2,1-2H3,(H,28,29)/b19-17+/t18?,20-,21?,22+/m0/s1. The van der Waals surface area contributed by atoms with Crippen LogP contribution in [0, 0.1) is 23.7 Å². The van der Waals surface area contributed by atoms with Crippen LogP contribution < -0.4 is 0 Å². The second-order valence-electron chi connectivity index (χ2n) is 8.58. The molecule has 5 heteroatoms. The van der Waals surface area contributed by atoms with E-state index in [1.54, 1.807) is 0 Å². The van der Waals surface area contributed by atoms with Crippen molar-refractivity contribution in [3.63, 3.8) is 0 Å². The molecule has 2 rings (SSSR count). The first-order valence-electron chi connectivity index (χ1n) is 11.3. The zero-order chi connectivity index (χ0) is 21.2. The SMILES string of the molecule is CCCC#CCC(C)[C@H](O)/C=C1\C[C@@H]1C1CCC(=O)N1CCCCCCC(=O)O. The smallest absolute Gasteiger partial charge is 0.303 e. The number of carboxylic acids is 1. The van der Waals surface area contributed by atoms with Gasteiger partial charge >= 0.3 is 5.97 Å². The summed E-state index contributed by atoms with van der Waals surface area (Å²) in [4.78, 5) is 24.9. The van der Waals surface area contributed by atoms with Crippen molar-refractivity contribution in [2.75, 3.05) is 6.54 Å². The van der Waals surface area contributed by atoms with E-state index in [9.17, 15) is 14.7 Å². The van der Waals surface area contributed by atoms with Gasteiger partial charge < -0.3 is 15.1 Å². The lowest BCUT2D eigenvalue weighted by atomic mass is 10.00. The Bertz CT molecular complexity index is 645. The number of aliphatic hydroxyl groups excluding tert-OH is 1. The van der Waals surface area contributed by atoms with Gasteiger partial charge in [-0.2, -0.15) is 0 Å². The van der Waals surface area contributed by atoms with Gasteiger partial charge in [0.1, 0.15) is 0 Å². The number of aliphatic carboxylic acids is 1. The molecule has 0 aromatic carbocycles. The number of carboxylic acid groups (broad SMARTS) is 1. The Balaban J connectivity index is 1.76. The molecule has 0 aromatic heterocycles. The molecule has 2 aliphatic rings. The van der Waals surface area contributed by atoms with Gasteiger partial charge in [-0.05, 0) is 38.0 Å². The largest absolute Gasteiger partial charge is 0.481 e. The lowest BCUT2D eigenvalue weighted by Gasteiger charge is -2.24. The van der Waals surface area contributed by atoms with Gasteiger partial charge in [0.25, 0.3) is 0 Å². The summed E-state index contributed by atoms with van der Waals surface area (Å²) in [7, 11) is 0. The normalized spacial score (nSPS) is 24.3. The zero-order valence-electron chi connectivity index (χ0n) is 18.0. The topological polar surface area (TPSA) is 77.8 Å². The first-order valence-corrected chi connectivity index (χ1v) is 11.3. The van der Waals surface area contributed by atoms with Crippen molar-refractivity contribution >= 4 is 11.9 Å². The van der Waals surface area contributed by atoms with Crippen molar-refractivity contribution in [2.24, 2.45) is 11.8 Å². The van der Waals surface area contributed by atoms with Gasteiger partial charge in [0.15, 0.2) is 0 Å². The number of amides is 1. The number of carbonyl (C=O) groups is 2. The third-order valence-electron chi connectivity index (χ3n) is 6.04. The minimum Gasteiger partial charge on any atom is -0.481 e. The Morgan fingerprint density at radius 3 is 2.76 bits per heavy atom. The van der Waals surface area contributed by atoms with E-state index in [0.29, 0.717) is 25.2 Å². The average molecular weight is 404 g/mol. The second kappa shape index (κ2) is 12.0. The lowest BCUT2D eigenvalue weighted by Crippen LogP contribution is -2.35. The van der Waals surface area contributed by atoms with E-state index in [4.69, 9.17) is 5.11 Å². The van der Waals surface area contributed by atoms with Crippen molar-refractivity contribution in [1.82, 2.24) is 4.90 Å². The van der Waals surface area contributed by atoms with E-state index in [2.05, 4.69) is 18.8 Å². The van der Waals surface area contributed by atoms with Crippen LogP contribution in [0.1, 0.15) is 84.5 Å². The van der Waals surface area contributed by atoms with Crippen LogP contribution in [0.25, 0.3) is 0 Å². The molecule has 2 fully saturated rings. The molecule has 4 atom stereocenters. The predicted octanol–water partition coefficient (Wildman–Crippen LogP) is 4.15. The maximum Gasteiger partial charge on any atom is 0.303 e. The number of aliphatic hydroxyl groups is 1. The molecule has 2 N–H and O–H groups in total. The number of hydrogen-bond donors (Lipinski definition) is 2. The van der Waals surface area contributed by atoms with E-state index < -0.39 is 12.1 Å². The first kappa shape index (κ1) is 23.5. The Hall–Kier alpha value is -1.80. The van der Waals surface area contributed by atoms with Crippen LogP contribution in [-0.4, -0.2) is 45.7 Å². The predicted molar refractivity (Wildman–Crippen MR) is 114 cm³/mol. The molecule has 1 heterocycles. The second-order valence-corrected chi connectivity index (χ2v) is 8.58. The van der Waals surface area contributed by atoms with Crippen LogP contribution in [-0.2, 0) is 9.59 Å². The van der Waals surface area contributed by atoms with Gasteiger partial charge in [0.2, 0.25) is 5.91 Å². The maximum absolute atomic E-state index is 12.3. The maximum atomic E-state index is 12.3. The van der Waals surface area contributed by atoms with Gasteiger partial charge in [0, 0.05) is 44.2 Å². The highest BCUT2D eigenvalue weighted by Crippen LogP contribution is 2.46. The molecule has 1 aliphatic heterocycles. The Kier molecular flexibility index (Phi) is 9.73. The summed E-state index contributed by atoms with van der Waals surface area (Å²) in [6, 6.07) is 0.277. The summed E-state index contributed by atoms with van der Waals surface area (Å²) in [6.45, 7) is 4.92. The highest BCUT2D eigenvalue weighted by atomic mass is 16.4. The monoisotopic (exact) mass is 403 g/mol. The van der Waals surface area contributed by atoms with Crippen LogP contribution >= 0.6 is 0 Å². The van der Waals surface area contributed by atoms with E-state index in [1.165, 1.54) is 5.57 Å². The van der Waals surface area contributed by atoms with E-state index >= 15 is 0 Å². The molecule has 5 nitrogen and oxygen atoms in total. The third-order valence-corrected chi connectivity index (χ3v) is 6.04. The van der Waals surface area contributed by atoms with Crippen molar-refractivity contribution in [1.29, 1.82) is 0 Å². The van der Waals surface area contributed by atoms with Crippen LogP contribution in [0.4, 0.5) is 0 Å². The molecule has 0 radical (unpaired) electrons. The van der Waals surface area contributed by atoms with E-state index in [-0.39, 0.29) is 24.3 Å². The minimum absolute atomic E-state index is 0.125. The number of nitrogens with zero attached hydrogens (tertiary/aromatic N) is 1. The molecule has 1 amide bonds. The highest BCUT2D eigenvalue weighted by molar-refractivity contribution is 5.79. The van der Waals surface area contributed by atoms with Gasteiger partial charge in [-0.15, -0.1) is 11.8 Å². The quantitative estimate of drug-likeness (QED) is 0.291. The van der Waals surface area contributed by atoms with Crippen molar-refractivity contribution in [2.45, 2.75) is 96.6 Å². The summed E-state index contributed by atoms with van der Waals surface area (Å²) in [6.07, 6.45) is 10.5.